The molecule has 0 saturated carbocycles. The largest absolute Gasteiger partial charge is 3.00 e. The molecule has 0 unspecified atom stereocenters. The molecule has 11 aromatic carbocycles. The van der Waals surface area contributed by atoms with Gasteiger partial charge in [0.1, 0.15) is 0 Å². The van der Waals surface area contributed by atoms with Crippen molar-refractivity contribution in [1.29, 1.82) is 0 Å². The van der Waals surface area contributed by atoms with Gasteiger partial charge in [0, 0.05) is 30.4 Å². The van der Waals surface area contributed by atoms with Gasteiger partial charge in [-0.2, -0.15) is 0 Å². The molecule has 0 fully saturated rings. The zero-order valence-corrected chi connectivity index (χ0v) is 52.8. The summed E-state index contributed by atoms with van der Waals surface area (Å²) in [7, 11) is 0. The molecule has 0 aliphatic carbocycles. The fourth-order valence-electron chi connectivity index (χ4n) is 12.4. The van der Waals surface area contributed by atoms with Crippen molar-refractivity contribution >= 4 is 0 Å². The van der Waals surface area contributed by atoms with Crippen molar-refractivity contribution in [3.63, 3.8) is 0 Å². The Kier molecular flexibility index (Phi) is 17.6. The van der Waals surface area contributed by atoms with Gasteiger partial charge in [0.25, 0.3) is 0 Å². The Hall–Kier alpha value is -11.3. The average Bonchev–Trinajstić information content (AvgIpc) is 0.839. The summed E-state index contributed by atoms with van der Waals surface area (Å²) >= 11 is 0. The first-order valence-corrected chi connectivity index (χ1v) is 30.3. The van der Waals surface area contributed by atoms with Gasteiger partial charge in [-0.25, -0.2) is 0 Å². The summed E-state index contributed by atoms with van der Waals surface area (Å²) in [6.07, 6.45) is 7.54. The third-order valence-electron chi connectivity index (χ3n) is 16.8. The van der Waals surface area contributed by atoms with Crippen LogP contribution < -0.4 is 0 Å². The van der Waals surface area contributed by atoms with Crippen LogP contribution in [0, 0.1) is 19.6 Å². The van der Waals surface area contributed by atoms with E-state index in [4.69, 9.17) is 19.9 Å². The summed E-state index contributed by atoms with van der Waals surface area (Å²) in [5.74, 6) is 0. The van der Waals surface area contributed by atoms with Crippen molar-refractivity contribution < 1.29 is 20.1 Å². The van der Waals surface area contributed by atoms with Gasteiger partial charge in [-0.1, -0.05) is 264 Å². The topological polar surface area (TPSA) is 51.6 Å². The molecule has 0 spiro atoms. The van der Waals surface area contributed by atoms with Crippen LogP contribution in [0.1, 0.15) is 0 Å². The number of aromatic nitrogens is 4. The van der Waals surface area contributed by atoms with E-state index in [-0.39, 0.29) is 27.5 Å². The zero-order chi connectivity index (χ0) is 60.0. The molecule has 0 amide bonds. The maximum absolute atomic E-state index is 5.15. The third-order valence-corrected chi connectivity index (χ3v) is 16.8. The van der Waals surface area contributed by atoms with Gasteiger partial charge in [-0.3, -0.25) is 9.97 Å². The quantitative estimate of drug-likeness (QED) is 0.102. The van der Waals surface area contributed by atoms with Gasteiger partial charge < -0.3 is 17.4 Å². The summed E-state index contributed by atoms with van der Waals surface area (Å²) < 4.78 is 0. The van der Waals surface area contributed by atoms with Gasteiger partial charge in [0.2, 0.25) is 0 Å². The summed E-state index contributed by atoms with van der Waals surface area (Å²) in [6.45, 7) is 0. The standard InChI is InChI=1S/C86H56N4.CH3.Ir/c1-4-24-59(25-5-1)62-30-22-32-64(50-62)79-55-66(83-40-16-19-47-87-83)43-45-77(79)74-37-13-10-34-71(74)68-52-69(54-70(53-68)73-36-12-15-39-76(73)82-58-90-86(85-42-18-21-49-89-85)57-81(82)61-28-8-3-9-29-61)72-35-11-14-38-75(72)78-46-44-67(84-41-17-20-48-88-84)56-80(78)65-33-23-31-63(51-65)60-26-6-2-7-27-60;;/h1-42,45-58H;1H3;/q-2;-1;+3. The van der Waals surface area contributed by atoms with Gasteiger partial charge in [-0.15, -0.1) is 47.5 Å². The van der Waals surface area contributed by atoms with Crippen molar-refractivity contribution in [2.75, 3.05) is 0 Å². The molecule has 0 bridgehead atoms. The summed E-state index contributed by atoms with van der Waals surface area (Å²) in [5.41, 5.74) is 29.0. The molecular weight excluding hydrogens is 1290 g/mol. The fraction of sp³-hybridized carbons (Fsp3) is 0. The Balaban J connectivity index is 0.00000386. The average molecular weight is 1350 g/mol. The maximum atomic E-state index is 5.15. The van der Waals surface area contributed by atoms with Crippen molar-refractivity contribution in [1.82, 2.24) is 19.9 Å². The summed E-state index contributed by atoms with van der Waals surface area (Å²) in [5, 5.41) is 0. The molecule has 0 aliphatic heterocycles. The van der Waals surface area contributed by atoms with E-state index in [9.17, 15) is 0 Å². The fourth-order valence-corrected chi connectivity index (χ4v) is 12.4. The van der Waals surface area contributed by atoms with Crippen LogP contribution in [0.25, 0.3) is 156 Å². The van der Waals surface area contributed by atoms with Crippen LogP contribution in [-0.2, 0) is 20.1 Å². The Bertz CT molecular complexity index is 4810. The van der Waals surface area contributed by atoms with E-state index >= 15 is 0 Å². The van der Waals surface area contributed by atoms with Crippen LogP contribution in [0.5, 0.6) is 0 Å². The molecule has 4 aromatic heterocycles. The minimum Gasteiger partial charge on any atom is -0.358 e. The zero-order valence-electron chi connectivity index (χ0n) is 50.5. The van der Waals surface area contributed by atoms with Crippen LogP contribution in [0.4, 0.5) is 0 Å². The molecule has 0 saturated heterocycles. The minimum absolute atomic E-state index is 0. The van der Waals surface area contributed by atoms with E-state index in [1.54, 1.807) is 0 Å². The molecule has 4 heterocycles. The molecule has 5 heteroatoms. The molecule has 0 radical (unpaired) electrons. The monoisotopic (exact) mass is 1350 g/mol. The number of hydrogen-bond acceptors (Lipinski definition) is 4. The van der Waals surface area contributed by atoms with E-state index in [0.29, 0.717) is 0 Å². The third kappa shape index (κ3) is 12.3. The number of nitrogens with zero attached hydrogens (tertiary/aromatic N) is 4. The van der Waals surface area contributed by atoms with Crippen molar-refractivity contribution in [3.05, 3.63) is 360 Å². The predicted octanol–water partition coefficient (Wildman–Crippen LogP) is 22.7. The second kappa shape index (κ2) is 27.2. The smallest absolute Gasteiger partial charge is 0.358 e. The van der Waals surface area contributed by atoms with Gasteiger partial charge in [0.05, 0.1) is 11.4 Å². The summed E-state index contributed by atoms with van der Waals surface area (Å²) in [4.78, 5) is 19.5. The second-order valence-corrected chi connectivity index (χ2v) is 22.3. The van der Waals surface area contributed by atoms with E-state index in [0.717, 1.165) is 156 Å². The Morgan fingerprint density at radius 3 is 0.935 bits per heavy atom. The minimum atomic E-state index is 0. The molecular formula is C87H59IrN4. The molecule has 436 valence electrons. The van der Waals surface area contributed by atoms with E-state index in [1.165, 1.54) is 0 Å². The second-order valence-electron chi connectivity index (χ2n) is 22.3. The number of hydrogen-bond donors (Lipinski definition) is 0. The number of benzene rings is 11. The molecule has 15 aromatic rings. The Morgan fingerprint density at radius 2 is 0.522 bits per heavy atom. The maximum Gasteiger partial charge on any atom is 3.00 e. The SMILES string of the molecule is [CH3-].[Ir+3].[c-]1cc(-c2ccccc2-c2cc(-c3ccccc3-c3c[c-]c(-c4ccccn4)cc3-c3cccc(-c4ccccc4)c3)cc(-c3ccccc3-c3cnc(-c4ccccn4)cc3-c3ccccc3)c2)c(-c2cccc(-c3ccccc3)c2)cc1-c1ccccn1. The molecule has 0 aliphatic rings. The summed E-state index contributed by atoms with van der Waals surface area (Å²) in [6, 6.07) is 120. The molecule has 92 heavy (non-hydrogen) atoms. The van der Waals surface area contributed by atoms with Crippen LogP contribution in [0.2, 0.25) is 0 Å². The van der Waals surface area contributed by atoms with Crippen LogP contribution in [-0.4, -0.2) is 19.9 Å². The molecule has 0 atom stereocenters. The normalized spacial score (nSPS) is 10.9. The van der Waals surface area contributed by atoms with Gasteiger partial charge in [0.15, 0.2) is 0 Å². The van der Waals surface area contributed by atoms with Crippen LogP contribution in [0.15, 0.2) is 340 Å². The Morgan fingerprint density at radius 1 is 0.196 bits per heavy atom. The van der Waals surface area contributed by atoms with Gasteiger partial charge in [-0.05, 0) is 156 Å². The first kappa shape index (κ1) is 59.6. The first-order chi connectivity index (χ1) is 44.6. The Labute approximate surface area is 552 Å². The number of rotatable bonds is 14. The number of pyridine rings is 4. The predicted molar refractivity (Wildman–Crippen MR) is 378 cm³/mol. The van der Waals surface area contributed by atoms with Crippen LogP contribution >= 0.6 is 0 Å². The van der Waals surface area contributed by atoms with Crippen molar-refractivity contribution in [2.45, 2.75) is 0 Å². The van der Waals surface area contributed by atoms with E-state index in [1.807, 2.05) is 67.3 Å². The van der Waals surface area contributed by atoms with Crippen LogP contribution in [0.3, 0.4) is 0 Å². The molecule has 0 N–H and O–H groups in total. The van der Waals surface area contributed by atoms with Crippen molar-refractivity contribution in [2.24, 2.45) is 0 Å². The van der Waals surface area contributed by atoms with E-state index in [2.05, 4.69) is 285 Å². The molecule has 15 rings (SSSR count). The first-order valence-electron chi connectivity index (χ1n) is 30.3. The van der Waals surface area contributed by atoms with Gasteiger partial charge >= 0.3 is 20.1 Å². The van der Waals surface area contributed by atoms with E-state index < -0.39 is 0 Å². The van der Waals surface area contributed by atoms with Crippen molar-refractivity contribution in [3.8, 4) is 156 Å². The molecule has 4 nitrogen and oxygen atoms in total.